The molecule has 0 saturated heterocycles. The Kier molecular flexibility index (Phi) is 6.04. The van der Waals surface area contributed by atoms with Crippen molar-refractivity contribution < 1.29 is 22.7 Å². The predicted molar refractivity (Wildman–Crippen MR) is 111 cm³/mol. The maximum atomic E-state index is 12.6. The molecule has 0 aliphatic rings. The molecule has 0 unspecified atom stereocenters. The highest BCUT2D eigenvalue weighted by molar-refractivity contribution is 7.92. The summed E-state index contributed by atoms with van der Waals surface area (Å²) in [6, 6.07) is 19.3. The third-order valence-corrected chi connectivity index (χ3v) is 5.49. The van der Waals surface area contributed by atoms with E-state index in [1.54, 1.807) is 48.5 Å². The highest BCUT2D eigenvalue weighted by Crippen LogP contribution is 2.23. The maximum Gasteiger partial charge on any atom is 0.261 e. The van der Waals surface area contributed by atoms with Gasteiger partial charge >= 0.3 is 0 Å². The number of hydrogen-bond acceptors (Lipinski definition) is 5. The third-order valence-electron chi connectivity index (χ3n) is 4.10. The highest BCUT2D eigenvalue weighted by atomic mass is 32.2. The summed E-state index contributed by atoms with van der Waals surface area (Å²) in [5, 5.41) is 2.73. The van der Waals surface area contributed by atoms with E-state index >= 15 is 0 Å². The molecule has 0 heterocycles. The molecule has 7 nitrogen and oxygen atoms in total. The van der Waals surface area contributed by atoms with Gasteiger partial charge in [0.2, 0.25) is 0 Å². The van der Waals surface area contributed by atoms with E-state index in [2.05, 4.69) is 10.0 Å². The number of benzene rings is 3. The Hall–Kier alpha value is -3.52. The first-order valence-electron chi connectivity index (χ1n) is 8.64. The molecule has 0 spiro atoms. The van der Waals surface area contributed by atoms with Crippen molar-refractivity contribution in [1.82, 2.24) is 0 Å². The first kappa shape index (κ1) is 20.2. The average Bonchev–Trinajstić information content (AvgIpc) is 2.74. The predicted octanol–water partition coefficient (Wildman–Crippen LogP) is 3.76. The molecule has 0 aliphatic carbocycles. The lowest BCUT2D eigenvalue weighted by atomic mass is 10.2. The van der Waals surface area contributed by atoms with Crippen molar-refractivity contribution in [2.75, 3.05) is 24.3 Å². The smallest absolute Gasteiger partial charge is 0.261 e. The van der Waals surface area contributed by atoms with Crippen LogP contribution < -0.4 is 19.5 Å². The van der Waals surface area contributed by atoms with Crippen LogP contribution in [0, 0.1) is 0 Å². The van der Waals surface area contributed by atoms with Crippen molar-refractivity contribution >= 4 is 27.3 Å². The fourth-order valence-electron chi connectivity index (χ4n) is 2.65. The lowest BCUT2D eigenvalue weighted by Gasteiger charge is -2.11. The molecule has 3 rings (SSSR count). The number of methoxy groups -OCH3 is 2. The Balaban J connectivity index is 1.74. The number of amides is 1. The first-order valence-corrected chi connectivity index (χ1v) is 10.1. The molecule has 0 atom stereocenters. The summed E-state index contributed by atoms with van der Waals surface area (Å²) in [5.74, 6) is 0.638. The normalized spacial score (nSPS) is 10.8. The molecule has 0 aromatic heterocycles. The topological polar surface area (TPSA) is 93.7 Å². The van der Waals surface area contributed by atoms with Crippen LogP contribution in [-0.4, -0.2) is 28.5 Å². The number of carbonyl (C=O) groups excluding carboxylic acids is 1. The number of ether oxygens (including phenoxy) is 2. The van der Waals surface area contributed by atoms with Crippen LogP contribution in [0.15, 0.2) is 77.7 Å². The summed E-state index contributed by atoms with van der Waals surface area (Å²) in [7, 11) is -0.792. The molecule has 0 bridgehead atoms. The van der Waals surface area contributed by atoms with Crippen molar-refractivity contribution in [2.24, 2.45) is 0 Å². The van der Waals surface area contributed by atoms with Gasteiger partial charge in [-0.25, -0.2) is 8.42 Å². The first-order chi connectivity index (χ1) is 13.9. The zero-order chi connectivity index (χ0) is 20.9. The highest BCUT2D eigenvalue weighted by Gasteiger charge is 2.16. The zero-order valence-electron chi connectivity index (χ0n) is 15.9. The van der Waals surface area contributed by atoms with Gasteiger partial charge in [-0.3, -0.25) is 9.52 Å². The van der Waals surface area contributed by atoms with Crippen LogP contribution in [0.4, 0.5) is 11.4 Å². The Labute approximate surface area is 169 Å². The van der Waals surface area contributed by atoms with Gasteiger partial charge < -0.3 is 14.8 Å². The fraction of sp³-hybridized carbons (Fsp3) is 0.0952. The molecule has 1 amide bonds. The molecule has 150 valence electrons. The standard InChI is InChI=1S/C21H20N2O5S/c1-27-17-7-5-6-16(14-17)23-29(25,26)18-12-10-15(11-13-18)22-21(24)19-8-3-4-9-20(19)28-2/h3-14,23H,1-2H3,(H,22,24). The Morgan fingerprint density at radius 1 is 0.828 bits per heavy atom. The largest absolute Gasteiger partial charge is 0.497 e. The van der Waals surface area contributed by atoms with Crippen molar-refractivity contribution in [3.05, 3.63) is 78.4 Å². The van der Waals surface area contributed by atoms with Gasteiger partial charge in [0, 0.05) is 11.8 Å². The molecule has 0 saturated carbocycles. The number of hydrogen-bond donors (Lipinski definition) is 2. The second-order valence-corrected chi connectivity index (χ2v) is 7.70. The van der Waals surface area contributed by atoms with E-state index in [4.69, 9.17) is 9.47 Å². The molecule has 2 N–H and O–H groups in total. The Bertz CT molecular complexity index is 1110. The summed E-state index contributed by atoms with van der Waals surface area (Å²) in [5.41, 5.74) is 1.23. The van der Waals surface area contributed by atoms with E-state index in [-0.39, 0.29) is 10.8 Å². The molecular formula is C21H20N2O5S. The van der Waals surface area contributed by atoms with Crippen LogP contribution in [0.2, 0.25) is 0 Å². The van der Waals surface area contributed by atoms with Gasteiger partial charge in [0.05, 0.1) is 30.4 Å². The second-order valence-electron chi connectivity index (χ2n) is 6.02. The number of para-hydroxylation sites is 1. The molecule has 8 heteroatoms. The van der Waals surface area contributed by atoms with E-state index in [0.29, 0.717) is 28.4 Å². The monoisotopic (exact) mass is 412 g/mol. The maximum absolute atomic E-state index is 12.6. The summed E-state index contributed by atoms with van der Waals surface area (Å²) in [6.07, 6.45) is 0. The molecule has 29 heavy (non-hydrogen) atoms. The molecule has 3 aromatic rings. The van der Waals surface area contributed by atoms with Crippen LogP contribution >= 0.6 is 0 Å². The summed E-state index contributed by atoms with van der Waals surface area (Å²) >= 11 is 0. The zero-order valence-corrected chi connectivity index (χ0v) is 16.7. The van der Waals surface area contributed by atoms with E-state index in [1.165, 1.54) is 38.5 Å². The van der Waals surface area contributed by atoms with Gasteiger partial charge in [-0.05, 0) is 48.5 Å². The number of rotatable bonds is 7. The van der Waals surface area contributed by atoms with Crippen LogP contribution in [0.1, 0.15) is 10.4 Å². The molecule has 0 fully saturated rings. The number of carbonyl (C=O) groups is 1. The van der Waals surface area contributed by atoms with Crippen LogP contribution in [-0.2, 0) is 10.0 Å². The summed E-state index contributed by atoms with van der Waals surface area (Å²) in [6.45, 7) is 0. The lowest BCUT2D eigenvalue weighted by Crippen LogP contribution is -2.14. The number of nitrogens with one attached hydrogen (secondary N) is 2. The van der Waals surface area contributed by atoms with Gasteiger partial charge in [-0.2, -0.15) is 0 Å². The van der Waals surface area contributed by atoms with E-state index in [1.807, 2.05) is 0 Å². The van der Waals surface area contributed by atoms with Gasteiger partial charge in [-0.1, -0.05) is 18.2 Å². The van der Waals surface area contributed by atoms with Gasteiger partial charge in [0.15, 0.2) is 0 Å². The second kappa shape index (κ2) is 8.66. The minimum Gasteiger partial charge on any atom is -0.497 e. The van der Waals surface area contributed by atoms with Crippen molar-refractivity contribution in [1.29, 1.82) is 0 Å². The SMILES string of the molecule is COc1cccc(NS(=O)(=O)c2ccc(NC(=O)c3ccccc3OC)cc2)c1. The van der Waals surface area contributed by atoms with Crippen LogP contribution in [0.25, 0.3) is 0 Å². The fourth-order valence-corrected chi connectivity index (χ4v) is 3.70. The minimum atomic E-state index is -3.78. The Morgan fingerprint density at radius 2 is 1.55 bits per heavy atom. The van der Waals surface area contributed by atoms with E-state index < -0.39 is 10.0 Å². The van der Waals surface area contributed by atoms with Gasteiger partial charge in [0.1, 0.15) is 11.5 Å². The van der Waals surface area contributed by atoms with Crippen LogP contribution in [0.5, 0.6) is 11.5 Å². The molecular weight excluding hydrogens is 392 g/mol. The number of anilines is 2. The molecule has 3 aromatic carbocycles. The number of sulfonamides is 1. The quantitative estimate of drug-likeness (QED) is 0.616. The van der Waals surface area contributed by atoms with Crippen molar-refractivity contribution in [3.63, 3.8) is 0 Å². The minimum absolute atomic E-state index is 0.0654. The Morgan fingerprint density at radius 3 is 2.24 bits per heavy atom. The van der Waals surface area contributed by atoms with Gasteiger partial charge in [-0.15, -0.1) is 0 Å². The van der Waals surface area contributed by atoms with Crippen molar-refractivity contribution in [3.8, 4) is 11.5 Å². The third kappa shape index (κ3) is 4.85. The lowest BCUT2D eigenvalue weighted by molar-refractivity contribution is 0.102. The summed E-state index contributed by atoms with van der Waals surface area (Å²) in [4.78, 5) is 12.5. The molecule has 0 aliphatic heterocycles. The molecule has 0 radical (unpaired) electrons. The van der Waals surface area contributed by atoms with Crippen molar-refractivity contribution in [2.45, 2.75) is 4.90 Å². The van der Waals surface area contributed by atoms with E-state index in [0.717, 1.165) is 0 Å². The van der Waals surface area contributed by atoms with Gasteiger partial charge in [0.25, 0.3) is 15.9 Å². The van der Waals surface area contributed by atoms with Crippen LogP contribution in [0.3, 0.4) is 0 Å². The average molecular weight is 412 g/mol. The summed E-state index contributed by atoms with van der Waals surface area (Å²) < 4.78 is 37.9. The van der Waals surface area contributed by atoms with E-state index in [9.17, 15) is 13.2 Å².